The van der Waals surface area contributed by atoms with E-state index >= 15 is 0 Å². The molecule has 0 radical (unpaired) electrons. The highest BCUT2D eigenvalue weighted by Gasteiger charge is 2.25. The zero-order valence-electron chi connectivity index (χ0n) is 15.1. The molecule has 0 fully saturated rings. The molecule has 0 saturated heterocycles. The maximum absolute atomic E-state index is 12.8. The molecule has 6 nitrogen and oxygen atoms in total. The van der Waals surface area contributed by atoms with Crippen molar-refractivity contribution < 1.29 is 21.6 Å². The fourth-order valence-electron chi connectivity index (χ4n) is 3.01. The zero-order valence-corrected chi connectivity index (χ0v) is 16.7. The van der Waals surface area contributed by atoms with Crippen LogP contribution in [0.3, 0.4) is 0 Å². The zero-order chi connectivity index (χ0) is 19.5. The Morgan fingerprint density at radius 3 is 2.48 bits per heavy atom. The van der Waals surface area contributed by atoms with Crippen LogP contribution in [0.15, 0.2) is 58.3 Å². The minimum absolute atomic E-state index is 0.0791. The third-order valence-corrected chi connectivity index (χ3v) is 7.75. The van der Waals surface area contributed by atoms with Gasteiger partial charge >= 0.3 is 0 Å². The van der Waals surface area contributed by atoms with E-state index in [1.807, 2.05) is 0 Å². The van der Waals surface area contributed by atoms with Gasteiger partial charge in [0.05, 0.1) is 15.5 Å². The summed E-state index contributed by atoms with van der Waals surface area (Å²) in [4.78, 5) is 0.393. The third kappa shape index (κ3) is 4.69. The highest BCUT2D eigenvalue weighted by molar-refractivity contribution is 7.91. The lowest BCUT2D eigenvalue weighted by Crippen LogP contribution is -2.38. The van der Waals surface area contributed by atoms with Crippen molar-refractivity contribution in [1.82, 2.24) is 4.72 Å². The molecule has 8 heteroatoms. The lowest BCUT2D eigenvalue weighted by atomic mass is 10.0. The summed E-state index contributed by atoms with van der Waals surface area (Å²) in [5, 5.41) is 0. The molecular weight excluding hydrogens is 386 g/mol. The lowest BCUT2D eigenvalue weighted by Gasteiger charge is -2.26. The Morgan fingerprint density at radius 2 is 1.78 bits per heavy atom. The number of fused-ring (bicyclic) bond motifs is 1. The molecule has 1 atom stereocenters. The van der Waals surface area contributed by atoms with E-state index in [4.69, 9.17) is 4.74 Å². The molecule has 0 bridgehead atoms. The van der Waals surface area contributed by atoms with Crippen LogP contribution in [0.2, 0.25) is 0 Å². The van der Waals surface area contributed by atoms with Crippen LogP contribution in [0.4, 0.5) is 0 Å². The Hall–Kier alpha value is -1.90. The summed E-state index contributed by atoms with van der Waals surface area (Å²) >= 11 is 0. The maximum atomic E-state index is 12.8. The molecule has 146 valence electrons. The first-order valence-electron chi connectivity index (χ1n) is 8.89. The molecule has 27 heavy (non-hydrogen) atoms. The van der Waals surface area contributed by atoms with E-state index < -0.39 is 19.9 Å². The predicted molar refractivity (Wildman–Crippen MR) is 103 cm³/mol. The monoisotopic (exact) mass is 409 g/mol. The van der Waals surface area contributed by atoms with Crippen LogP contribution >= 0.6 is 0 Å². The molecule has 1 heterocycles. The first kappa shape index (κ1) is 19.9. The molecule has 0 amide bonds. The van der Waals surface area contributed by atoms with Crippen LogP contribution in [0.25, 0.3) is 0 Å². The number of nitrogens with one attached hydrogen (secondary N) is 1. The third-order valence-electron chi connectivity index (χ3n) is 4.44. The van der Waals surface area contributed by atoms with E-state index in [-0.39, 0.29) is 28.2 Å². The number of aryl methyl sites for hydroxylation is 1. The second kappa shape index (κ2) is 8.00. The van der Waals surface area contributed by atoms with Gasteiger partial charge in [-0.05, 0) is 49.1 Å². The van der Waals surface area contributed by atoms with Crippen LogP contribution in [0.5, 0.6) is 5.75 Å². The fourth-order valence-corrected chi connectivity index (χ4v) is 5.43. The Labute approximate surface area is 160 Å². The Morgan fingerprint density at radius 1 is 1.04 bits per heavy atom. The molecule has 2 aromatic carbocycles. The summed E-state index contributed by atoms with van der Waals surface area (Å²) in [6.07, 6.45) is 1.61. The Bertz CT molecular complexity index is 1000. The van der Waals surface area contributed by atoms with Gasteiger partial charge in [-0.3, -0.25) is 0 Å². The molecule has 0 spiro atoms. The summed E-state index contributed by atoms with van der Waals surface area (Å²) in [6.45, 7) is 1.98. The van der Waals surface area contributed by atoms with E-state index in [9.17, 15) is 16.8 Å². The van der Waals surface area contributed by atoms with Crippen LogP contribution in [-0.4, -0.2) is 35.2 Å². The fraction of sp³-hybridized carbons (Fsp3) is 0.368. The summed E-state index contributed by atoms with van der Waals surface area (Å²) in [5.41, 5.74) is 0.926. The normalized spacial score (nSPS) is 17.1. The number of sulfone groups is 1. The lowest BCUT2D eigenvalue weighted by molar-refractivity contribution is 0.176. The van der Waals surface area contributed by atoms with Crippen molar-refractivity contribution >= 4 is 19.9 Å². The van der Waals surface area contributed by atoms with Crippen LogP contribution < -0.4 is 9.46 Å². The highest BCUT2D eigenvalue weighted by atomic mass is 32.2. The molecule has 1 N–H and O–H groups in total. The van der Waals surface area contributed by atoms with Gasteiger partial charge < -0.3 is 4.74 Å². The van der Waals surface area contributed by atoms with Crippen molar-refractivity contribution in [3.05, 3.63) is 54.1 Å². The van der Waals surface area contributed by atoms with Crippen molar-refractivity contribution in [3.63, 3.8) is 0 Å². The molecule has 1 aliphatic rings. The van der Waals surface area contributed by atoms with Crippen LogP contribution in [0.1, 0.15) is 25.3 Å². The summed E-state index contributed by atoms with van der Waals surface area (Å²) < 4.78 is 57.6. The number of hydrogen-bond acceptors (Lipinski definition) is 5. The Balaban J connectivity index is 1.78. The summed E-state index contributed by atoms with van der Waals surface area (Å²) in [6, 6.07) is 13.1. The average molecular weight is 410 g/mol. The smallest absolute Gasteiger partial charge is 0.211 e. The van der Waals surface area contributed by atoms with Crippen molar-refractivity contribution in [3.8, 4) is 5.75 Å². The average Bonchev–Trinajstić information content (AvgIpc) is 2.66. The van der Waals surface area contributed by atoms with Crippen molar-refractivity contribution in [2.75, 3.05) is 12.3 Å². The number of rotatable bonds is 7. The molecule has 0 aliphatic carbocycles. The number of sulfonamides is 1. The van der Waals surface area contributed by atoms with E-state index in [2.05, 4.69) is 4.72 Å². The number of benzene rings is 2. The molecular formula is C19H23NO5S2. The summed E-state index contributed by atoms with van der Waals surface area (Å²) in [7, 11) is -6.93. The molecule has 0 unspecified atom stereocenters. The second-order valence-electron chi connectivity index (χ2n) is 6.53. The van der Waals surface area contributed by atoms with Gasteiger partial charge in [0.15, 0.2) is 0 Å². The van der Waals surface area contributed by atoms with Gasteiger partial charge in [0.1, 0.15) is 11.9 Å². The quantitative estimate of drug-likeness (QED) is 0.759. The second-order valence-corrected chi connectivity index (χ2v) is 10.4. The van der Waals surface area contributed by atoms with Gasteiger partial charge in [0, 0.05) is 6.54 Å². The van der Waals surface area contributed by atoms with Crippen LogP contribution in [-0.2, 0) is 26.3 Å². The van der Waals surface area contributed by atoms with E-state index in [1.165, 1.54) is 6.07 Å². The minimum atomic E-state index is -3.62. The van der Waals surface area contributed by atoms with Crippen molar-refractivity contribution in [1.29, 1.82) is 0 Å². The number of ether oxygens (including phenoxy) is 1. The molecule has 0 saturated carbocycles. The molecule has 1 aliphatic heterocycles. The Kier molecular flexibility index (Phi) is 5.88. The molecule has 3 rings (SSSR count). The summed E-state index contributed by atoms with van der Waals surface area (Å²) in [5.74, 6) is 0.577. The first-order chi connectivity index (χ1) is 12.8. The van der Waals surface area contributed by atoms with Crippen molar-refractivity contribution in [2.45, 2.75) is 42.1 Å². The van der Waals surface area contributed by atoms with Gasteiger partial charge in [-0.2, -0.15) is 0 Å². The molecule has 0 aromatic heterocycles. The predicted octanol–water partition coefficient (Wildman–Crippen LogP) is 2.54. The van der Waals surface area contributed by atoms with Gasteiger partial charge in [-0.1, -0.05) is 31.2 Å². The standard InChI is InChI=1S/C19H23NO5S2/c1-2-12-26(21,22)20-14-16-10-8-15-9-11-18(13-19(15)25-16)27(23,24)17-6-4-3-5-7-17/h3-7,9,11,13,16,20H,2,8,10,12,14H2,1H3/t16-/m1/s1. The largest absolute Gasteiger partial charge is 0.489 e. The van der Waals surface area contributed by atoms with E-state index in [0.717, 1.165) is 5.56 Å². The van der Waals surface area contributed by atoms with E-state index in [1.54, 1.807) is 49.4 Å². The topological polar surface area (TPSA) is 89.5 Å². The maximum Gasteiger partial charge on any atom is 0.211 e. The van der Waals surface area contributed by atoms with E-state index in [0.29, 0.717) is 25.0 Å². The van der Waals surface area contributed by atoms with Crippen molar-refractivity contribution in [2.24, 2.45) is 0 Å². The van der Waals surface area contributed by atoms with Gasteiger partial charge in [0.25, 0.3) is 0 Å². The first-order valence-corrected chi connectivity index (χ1v) is 12.0. The number of hydrogen-bond donors (Lipinski definition) is 1. The minimum Gasteiger partial charge on any atom is -0.489 e. The van der Waals surface area contributed by atoms with Gasteiger partial charge in [-0.15, -0.1) is 0 Å². The van der Waals surface area contributed by atoms with Gasteiger partial charge in [-0.25, -0.2) is 21.6 Å². The SMILES string of the molecule is CCCS(=O)(=O)NC[C@H]1CCc2ccc(S(=O)(=O)c3ccccc3)cc2O1. The molecule has 2 aromatic rings. The highest BCUT2D eigenvalue weighted by Crippen LogP contribution is 2.32. The van der Waals surface area contributed by atoms with Crippen LogP contribution in [0, 0.1) is 0 Å². The van der Waals surface area contributed by atoms with Gasteiger partial charge in [0.2, 0.25) is 19.9 Å².